The van der Waals surface area contributed by atoms with E-state index in [1.807, 2.05) is 0 Å². The number of sulfone groups is 1. The summed E-state index contributed by atoms with van der Waals surface area (Å²) in [5.41, 5.74) is 2.54. The van der Waals surface area contributed by atoms with Gasteiger partial charge < -0.3 is 5.11 Å². The van der Waals surface area contributed by atoms with Gasteiger partial charge in [-0.25, -0.2) is 8.42 Å². The minimum Gasteiger partial charge on any atom is -0.507 e. The number of carbonyl (C=O) groups is 1. The van der Waals surface area contributed by atoms with Crippen LogP contribution in [0.1, 0.15) is 27.0 Å². The molecule has 118 valence electrons. The number of phenols is 1. The van der Waals surface area contributed by atoms with E-state index in [9.17, 15) is 18.3 Å². The smallest absolute Gasteiger partial charge is 0.191 e. The summed E-state index contributed by atoms with van der Waals surface area (Å²) in [6, 6.07) is 9.74. The average Bonchev–Trinajstić information content (AvgIpc) is 2.50. The zero-order chi connectivity index (χ0) is 16.8. The van der Waals surface area contributed by atoms with Gasteiger partial charge in [-0.3, -0.25) is 4.79 Å². The van der Waals surface area contributed by atoms with Gasteiger partial charge in [0.2, 0.25) is 0 Å². The molecule has 2 aromatic rings. The summed E-state index contributed by atoms with van der Waals surface area (Å²) >= 11 is 0. The zero-order valence-electron chi connectivity index (χ0n) is 12.8. The highest BCUT2D eigenvalue weighted by Crippen LogP contribution is 2.30. The maximum Gasteiger partial charge on any atom is 0.191 e. The molecule has 3 rings (SSSR count). The third-order valence-electron chi connectivity index (χ3n) is 3.96. The van der Waals surface area contributed by atoms with Gasteiger partial charge in [-0.2, -0.15) is 0 Å². The number of aromatic hydroxyl groups is 1. The maximum absolute atomic E-state index is 12.6. The Bertz CT molecular complexity index is 930. The molecular weight excluding hydrogens is 312 g/mol. The van der Waals surface area contributed by atoms with Crippen LogP contribution in [0.15, 0.2) is 46.9 Å². The van der Waals surface area contributed by atoms with Crippen molar-refractivity contribution in [3.05, 3.63) is 64.2 Å². The van der Waals surface area contributed by atoms with Crippen molar-refractivity contribution in [3.63, 3.8) is 0 Å². The molecule has 0 amide bonds. The Hall–Kier alpha value is -2.40. The van der Waals surface area contributed by atoms with Crippen molar-refractivity contribution in [1.29, 1.82) is 0 Å². The number of rotatable bonds is 1. The van der Waals surface area contributed by atoms with Gasteiger partial charge in [0.15, 0.2) is 15.6 Å². The first-order valence-electron chi connectivity index (χ1n) is 7.17. The first-order chi connectivity index (χ1) is 10.8. The van der Waals surface area contributed by atoms with Gasteiger partial charge in [-0.1, -0.05) is 12.1 Å². The molecule has 4 nitrogen and oxygen atoms in total. The molecule has 1 heterocycles. The first-order valence-corrected chi connectivity index (χ1v) is 8.82. The number of carbonyl (C=O) groups excluding carboxylic acids is 1. The number of hydrogen-bond acceptors (Lipinski definition) is 4. The third kappa shape index (κ3) is 2.68. The summed E-state index contributed by atoms with van der Waals surface area (Å²) < 4.78 is 24.7. The van der Waals surface area contributed by atoms with Gasteiger partial charge in [0.25, 0.3) is 0 Å². The van der Waals surface area contributed by atoms with Gasteiger partial charge >= 0.3 is 0 Å². The van der Waals surface area contributed by atoms with Crippen molar-refractivity contribution in [1.82, 2.24) is 0 Å². The van der Waals surface area contributed by atoms with Crippen LogP contribution in [0, 0.1) is 13.8 Å². The summed E-state index contributed by atoms with van der Waals surface area (Å²) in [6.45, 7) is 3.53. The minimum atomic E-state index is -3.51. The second-order valence-electron chi connectivity index (χ2n) is 5.76. The lowest BCUT2D eigenvalue weighted by molar-refractivity contribution is 0.103. The predicted molar refractivity (Wildman–Crippen MR) is 88.4 cm³/mol. The maximum atomic E-state index is 12.6. The number of ketones is 1. The van der Waals surface area contributed by atoms with Crippen LogP contribution >= 0.6 is 0 Å². The third-order valence-corrected chi connectivity index (χ3v) is 5.68. The highest BCUT2D eigenvalue weighted by Gasteiger charge is 2.32. The number of hydrogen-bond donors (Lipinski definition) is 1. The fraction of sp³-hybridized carbons (Fsp3) is 0.167. The molecule has 0 atom stereocenters. The minimum absolute atomic E-state index is 0.0974. The molecule has 0 saturated carbocycles. The molecule has 5 heteroatoms. The number of fused-ring (bicyclic) bond motifs is 1. The summed E-state index contributed by atoms with van der Waals surface area (Å²) in [4.78, 5) is 12.7. The van der Waals surface area contributed by atoms with Gasteiger partial charge in [0.1, 0.15) is 5.75 Å². The fourth-order valence-corrected chi connectivity index (χ4v) is 4.39. The van der Waals surface area contributed by atoms with Crippen LogP contribution in [-0.4, -0.2) is 25.1 Å². The normalized spacial score (nSPS) is 18.0. The Labute approximate surface area is 135 Å². The summed E-state index contributed by atoms with van der Waals surface area (Å²) in [6.07, 6.45) is 1.59. The quantitative estimate of drug-likeness (QED) is 0.817. The average molecular weight is 328 g/mol. The lowest BCUT2D eigenvalue weighted by Gasteiger charge is -2.18. The number of phenolic OH excluding ortho intramolecular Hbond substituents is 1. The molecule has 0 unspecified atom stereocenters. The van der Waals surface area contributed by atoms with E-state index in [4.69, 9.17) is 0 Å². The zero-order valence-corrected chi connectivity index (χ0v) is 13.6. The standard InChI is InChI=1S/C18H16O4S/c1-11-7-13(8-12(2)17(11)19)9-14-10-23(21,22)16-6-4-3-5-15(16)18(14)20/h3-9,19H,10H2,1-2H3. The molecule has 1 N–H and O–H groups in total. The number of benzene rings is 2. The van der Waals surface area contributed by atoms with E-state index < -0.39 is 9.84 Å². The molecule has 1 aliphatic rings. The van der Waals surface area contributed by atoms with Gasteiger partial charge in [-0.05, 0) is 60.9 Å². The topological polar surface area (TPSA) is 71.4 Å². The Balaban J connectivity index is 2.14. The van der Waals surface area contributed by atoms with Crippen LogP contribution in [0.3, 0.4) is 0 Å². The van der Waals surface area contributed by atoms with Crippen LogP contribution < -0.4 is 0 Å². The Kier molecular flexibility index (Phi) is 3.60. The molecule has 0 aromatic heterocycles. The van der Waals surface area contributed by atoms with Crippen molar-refractivity contribution in [2.75, 3.05) is 5.75 Å². The van der Waals surface area contributed by atoms with E-state index >= 15 is 0 Å². The first kappa shape index (κ1) is 15.5. The Morgan fingerprint density at radius 3 is 2.35 bits per heavy atom. The summed E-state index contributed by atoms with van der Waals surface area (Å²) in [5.74, 6) is -0.360. The highest BCUT2D eigenvalue weighted by molar-refractivity contribution is 7.91. The van der Waals surface area contributed by atoms with E-state index in [-0.39, 0.29) is 33.3 Å². The molecule has 0 bridgehead atoms. The molecule has 23 heavy (non-hydrogen) atoms. The molecule has 0 aliphatic carbocycles. The fourth-order valence-electron chi connectivity index (χ4n) is 2.83. The van der Waals surface area contributed by atoms with Gasteiger partial charge in [-0.15, -0.1) is 0 Å². The molecule has 2 aromatic carbocycles. The second kappa shape index (κ2) is 5.35. The molecule has 0 saturated heterocycles. The molecule has 1 aliphatic heterocycles. The van der Waals surface area contributed by atoms with E-state index in [0.717, 1.165) is 0 Å². The Morgan fingerprint density at radius 2 is 1.70 bits per heavy atom. The highest BCUT2D eigenvalue weighted by atomic mass is 32.2. The summed E-state index contributed by atoms with van der Waals surface area (Å²) in [5, 5.41) is 9.82. The van der Waals surface area contributed by atoms with Crippen LogP contribution in [0.4, 0.5) is 0 Å². The summed E-state index contributed by atoms with van der Waals surface area (Å²) in [7, 11) is -3.51. The predicted octanol–water partition coefficient (Wildman–Crippen LogP) is 3.06. The van der Waals surface area contributed by atoms with Crippen molar-refractivity contribution in [2.24, 2.45) is 0 Å². The van der Waals surface area contributed by atoms with Crippen molar-refractivity contribution in [3.8, 4) is 5.75 Å². The van der Waals surface area contributed by atoms with Gasteiger partial charge in [0, 0.05) is 11.1 Å². The van der Waals surface area contributed by atoms with E-state index in [1.165, 1.54) is 12.1 Å². The van der Waals surface area contributed by atoms with Gasteiger partial charge in [0.05, 0.1) is 10.6 Å². The monoisotopic (exact) mass is 328 g/mol. The van der Waals surface area contributed by atoms with E-state index in [2.05, 4.69) is 0 Å². The number of aryl methyl sites for hydroxylation is 2. The SMILES string of the molecule is Cc1cc(C=C2CS(=O)(=O)c3ccccc3C2=O)cc(C)c1O. The van der Waals surface area contributed by atoms with E-state index in [1.54, 1.807) is 44.2 Å². The second-order valence-corrected chi connectivity index (χ2v) is 7.72. The Morgan fingerprint density at radius 1 is 1.09 bits per heavy atom. The van der Waals surface area contributed by atoms with Crippen molar-refractivity contribution < 1.29 is 18.3 Å². The molecule has 0 radical (unpaired) electrons. The molecule has 0 fully saturated rings. The lowest BCUT2D eigenvalue weighted by atomic mass is 9.99. The van der Waals surface area contributed by atoms with Crippen LogP contribution in [0.5, 0.6) is 5.75 Å². The van der Waals surface area contributed by atoms with E-state index in [0.29, 0.717) is 16.7 Å². The largest absolute Gasteiger partial charge is 0.507 e. The molecule has 0 spiro atoms. The molecular formula is C18H16O4S. The van der Waals surface area contributed by atoms with Crippen LogP contribution in [0.25, 0.3) is 6.08 Å². The van der Waals surface area contributed by atoms with Crippen LogP contribution in [-0.2, 0) is 9.84 Å². The van der Waals surface area contributed by atoms with Crippen molar-refractivity contribution in [2.45, 2.75) is 18.7 Å². The number of Topliss-reactive ketones (excluding diaryl/α,β-unsaturated/α-hetero) is 1. The van der Waals surface area contributed by atoms with Crippen molar-refractivity contribution >= 4 is 21.7 Å². The lowest BCUT2D eigenvalue weighted by Crippen LogP contribution is -2.24. The van der Waals surface area contributed by atoms with Crippen LogP contribution in [0.2, 0.25) is 0 Å².